The first kappa shape index (κ1) is 8.17. The lowest BCUT2D eigenvalue weighted by molar-refractivity contribution is -0.136. The summed E-state index contributed by atoms with van der Waals surface area (Å²) in [6.07, 6.45) is 1.87. The Morgan fingerprint density at radius 1 is 1.75 bits per heavy atom. The van der Waals surface area contributed by atoms with E-state index in [1.54, 1.807) is 6.92 Å². The molecule has 8 heavy (non-hydrogen) atoms. The van der Waals surface area contributed by atoms with Gasteiger partial charge in [-0.05, 0) is 13.2 Å². The van der Waals surface area contributed by atoms with E-state index in [1.807, 2.05) is 6.26 Å². The third-order valence-electron chi connectivity index (χ3n) is 0.588. The summed E-state index contributed by atoms with van der Waals surface area (Å²) in [5, 5.41) is 7.99. The number of hydrogen-bond acceptors (Lipinski definition) is 3. The zero-order valence-corrected chi connectivity index (χ0v) is 6.38. The molecular formula is C4H8O2S2. The Morgan fingerprint density at radius 3 is 2.38 bits per heavy atom. The molecule has 0 aliphatic heterocycles. The molecule has 0 radical (unpaired) electrons. The van der Waals surface area contributed by atoms with Gasteiger partial charge >= 0.3 is 5.97 Å². The SMILES string of the molecule is CSSC(C)C(=O)O. The van der Waals surface area contributed by atoms with Crippen LogP contribution in [0.1, 0.15) is 6.92 Å². The molecule has 2 nitrogen and oxygen atoms in total. The van der Waals surface area contributed by atoms with Gasteiger partial charge in [0.1, 0.15) is 5.25 Å². The van der Waals surface area contributed by atoms with Gasteiger partial charge < -0.3 is 5.11 Å². The molecule has 4 heteroatoms. The van der Waals surface area contributed by atoms with Gasteiger partial charge in [0.2, 0.25) is 0 Å². The number of carboxylic acids is 1. The molecule has 0 saturated carbocycles. The van der Waals surface area contributed by atoms with Gasteiger partial charge in [0.15, 0.2) is 0 Å². The van der Waals surface area contributed by atoms with E-state index in [0.717, 1.165) is 0 Å². The fourth-order valence-corrected chi connectivity index (χ4v) is 1.67. The fraction of sp³-hybridized carbons (Fsp3) is 0.750. The summed E-state index contributed by atoms with van der Waals surface area (Å²) in [4.78, 5) is 10.1. The molecule has 0 rings (SSSR count). The molecule has 1 unspecified atom stereocenters. The minimum absolute atomic E-state index is 0.287. The summed E-state index contributed by atoms with van der Waals surface area (Å²) < 4.78 is 0. The van der Waals surface area contributed by atoms with Crippen molar-refractivity contribution >= 4 is 27.6 Å². The molecule has 0 fully saturated rings. The molecular weight excluding hydrogens is 144 g/mol. The maximum Gasteiger partial charge on any atom is 0.317 e. The van der Waals surface area contributed by atoms with Crippen molar-refractivity contribution in [1.29, 1.82) is 0 Å². The van der Waals surface area contributed by atoms with Crippen molar-refractivity contribution in [1.82, 2.24) is 0 Å². The summed E-state index contributed by atoms with van der Waals surface area (Å²) in [5.74, 6) is -0.746. The highest BCUT2D eigenvalue weighted by Crippen LogP contribution is 2.22. The van der Waals surface area contributed by atoms with E-state index in [1.165, 1.54) is 21.6 Å². The van der Waals surface area contributed by atoms with Crippen LogP contribution >= 0.6 is 21.6 Å². The molecule has 1 N–H and O–H groups in total. The van der Waals surface area contributed by atoms with Crippen LogP contribution in [0.3, 0.4) is 0 Å². The van der Waals surface area contributed by atoms with Gasteiger partial charge in [-0.15, -0.1) is 0 Å². The van der Waals surface area contributed by atoms with Gasteiger partial charge in [-0.25, -0.2) is 0 Å². The summed E-state index contributed by atoms with van der Waals surface area (Å²) in [7, 11) is 2.83. The summed E-state index contributed by atoms with van der Waals surface area (Å²) in [6.45, 7) is 1.67. The third kappa shape index (κ3) is 3.21. The Bertz CT molecular complexity index is 84.1. The average molecular weight is 152 g/mol. The second kappa shape index (κ2) is 4.09. The molecule has 0 amide bonds. The van der Waals surface area contributed by atoms with Gasteiger partial charge in [0.05, 0.1) is 0 Å². The molecule has 0 saturated heterocycles. The Kier molecular flexibility index (Phi) is 4.18. The molecule has 0 bridgehead atoms. The van der Waals surface area contributed by atoms with E-state index in [2.05, 4.69) is 0 Å². The minimum atomic E-state index is -0.746. The van der Waals surface area contributed by atoms with Gasteiger partial charge in [-0.3, -0.25) is 4.79 Å². The lowest BCUT2D eigenvalue weighted by atomic mass is 10.5. The van der Waals surface area contributed by atoms with Crippen molar-refractivity contribution in [2.75, 3.05) is 6.26 Å². The van der Waals surface area contributed by atoms with Crippen molar-refractivity contribution in [3.8, 4) is 0 Å². The highest BCUT2D eigenvalue weighted by Gasteiger charge is 2.08. The molecule has 0 aromatic rings. The van der Waals surface area contributed by atoms with Crippen LogP contribution in [0.25, 0.3) is 0 Å². The van der Waals surface area contributed by atoms with E-state index in [0.29, 0.717) is 0 Å². The summed E-state index contributed by atoms with van der Waals surface area (Å²) >= 11 is 0. The fourth-order valence-electron chi connectivity index (χ4n) is 0.185. The smallest absolute Gasteiger partial charge is 0.317 e. The number of carboxylic acid groups (broad SMARTS) is 1. The molecule has 48 valence electrons. The molecule has 0 spiro atoms. The van der Waals surface area contributed by atoms with Crippen LogP contribution in [-0.4, -0.2) is 22.6 Å². The molecule has 0 heterocycles. The Balaban J connectivity index is 3.32. The largest absolute Gasteiger partial charge is 0.480 e. The van der Waals surface area contributed by atoms with Crippen LogP contribution in [0.15, 0.2) is 0 Å². The average Bonchev–Trinajstić information content (AvgIpc) is 1.67. The first-order valence-electron chi connectivity index (χ1n) is 2.10. The maximum atomic E-state index is 10.1. The highest BCUT2D eigenvalue weighted by atomic mass is 33.1. The van der Waals surface area contributed by atoms with Crippen molar-refractivity contribution in [3.63, 3.8) is 0 Å². The summed E-state index contributed by atoms with van der Waals surface area (Å²) in [5.41, 5.74) is 0. The normalized spacial score (nSPS) is 13.2. The van der Waals surface area contributed by atoms with E-state index >= 15 is 0 Å². The third-order valence-corrected chi connectivity index (χ3v) is 2.71. The first-order valence-corrected chi connectivity index (χ1v) is 4.73. The van der Waals surface area contributed by atoms with Crippen LogP contribution in [0.5, 0.6) is 0 Å². The molecule has 0 aliphatic carbocycles. The lowest BCUT2D eigenvalue weighted by Gasteiger charge is -1.99. The molecule has 1 atom stereocenters. The minimum Gasteiger partial charge on any atom is -0.480 e. The van der Waals surface area contributed by atoms with Gasteiger partial charge in [-0.2, -0.15) is 0 Å². The zero-order chi connectivity index (χ0) is 6.57. The van der Waals surface area contributed by atoms with Crippen LogP contribution in [0, 0.1) is 0 Å². The van der Waals surface area contributed by atoms with Crippen molar-refractivity contribution in [2.24, 2.45) is 0 Å². The Morgan fingerprint density at radius 2 is 2.25 bits per heavy atom. The van der Waals surface area contributed by atoms with E-state index in [4.69, 9.17) is 5.11 Å². The van der Waals surface area contributed by atoms with Crippen LogP contribution in [-0.2, 0) is 4.79 Å². The number of carbonyl (C=O) groups is 1. The van der Waals surface area contributed by atoms with Gasteiger partial charge in [0.25, 0.3) is 0 Å². The molecule has 0 aromatic heterocycles. The number of hydrogen-bond donors (Lipinski definition) is 1. The zero-order valence-electron chi connectivity index (χ0n) is 4.75. The van der Waals surface area contributed by atoms with Gasteiger partial charge in [0, 0.05) is 0 Å². The number of aliphatic carboxylic acids is 1. The van der Waals surface area contributed by atoms with Crippen molar-refractivity contribution in [2.45, 2.75) is 12.2 Å². The molecule has 0 aliphatic rings. The van der Waals surface area contributed by atoms with E-state index in [9.17, 15) is 4.79 Å². The topological polar surface area (TPSA) is 37.3 Å². The maximum absolute atomic E-state index is 10.1. The standard InChI is InChI=1S/C4H8O2S2/c1-3(4(5)6)8-7-2/h3H,1-2H3,(H,5,6). The van der Waals surface area contributed by atoms with Crippen LogP contribution in [0.2, 0.25) is 0 Å². The quantitative estimate of drug-likeness (QED) is 0.621. The van der Waals surface area contributed by atoms with Gasteiger partial charge in [-0.1, -0.05) is 21.6 Å². The predicted octanol–water partition coefficient (Wildman–Crippen LogP) is 1.47. The van der Waals surface area contributed by atoms with Crippen LogP contribution < -0.4 is 0 Å². The predicted molar refractivity (Wildman–Crippen MR) is 38.2 cm³/mol. The Hall–Kier alpha value is 0.170. The van der Waals surface area contributed by atoms with Crippen LogP contribution in [0.4, 0.5) is 0 Å². The summed E-state index contributed by atoms with van der Waals surface area (Å²) in [6, 6.07) is 0. The van der Waals surface area contributed by atoms with Crippen molar-refractivity contribution < 1.29 is 9.90 Å². The highest BCUT2D eigenvalue weighted by molar-refractivity contribution is 8.76. The lowest BCUT2D eigenvalue weighted by Crippen LogP contribution is -2.09. The van der Waals surface area contributed by atoms with E-state index < -0.39 is 5.97 Å². The van der Waals surface area contributed by atoms with E-state index in [-0.39, 0.29) is 5.25 Å². The monoisotopic (exact) mass is 152 g/mol. The number of rotatable bonds is 3. The first-order chi connectivity index (χ1) is 3.68. The second-order valence-electron chi connectivity index (χ2n) is 1.24. The second-order valence-corrected chi connectivity index (χ2v) is 4.05. The van der Waals surface area contributed by atoms with Crippen molar-refractivity contribution in [3.05, 3.63) is 0 Å². The molecule has 0 aromatic carbocycles. The Labute approximate surface area is 56.4 Å².